The van der Waals surface area contributed by atoms with Crippen LogP contribution in [0.5, 0.6) is 0 Å². The number of carbonyl (C=O) groups is 2. The van der Waals surface area contributed by atoms with Crippen LogP contribution in [0, 0.1) is 0 Å². The Morgan fingerprint density at radius 3 is 2.56 bits per heavy atom. The number of carbonyl (C=O) groups excluding carboxylic acids is 2. The molecule has 3 aromatic rings. The minimum atomic E-state index is -0.283. The van der Waals surface area contributed by atoms with Gasteiger partial charge in [-0.2, -0.15) is 0 Å². The molecule has 6 nitrogen and oxygen atoms in total. The van der Waals surface area contributed by atoms with Crippen molar-refractivity contribution in [2.75, 3.05) is 6.54 Å². The van der Waals surface area contributed by atoms with E-state index in [1.165, 1.54) is 0 Å². The van der Waals surface area contributed by atoms with Gasteiger partial charge < -0.3 is 10.6 Å². The van der Waals surface area contributed by atoms with Crippen molar-refractivity contribution in [3.05, 3.63) is 71.8 Å². The zero-order valence-electron chi connectivity index (χ0n) is 15.6. The molecule has 0 aliphatic carbocycles. The molecule has 0 saturated carbocycles. The summed E-state index contributed by atoms with van der Waals surface area (Å²) in [6.07, 6.45) is 3.30. The smallest absolute Gasteiger partial charge is 0.287 e. The van der Waals surface area contributed by atoms with Crippen molar-refractivity contribution < 1.29 is 9.59 Å². The van der Waals surface area contributed by atoms with Crippen molar-refractivity contribution in [2.45, 2.75) is 32.7 Å². The predicted octanol–water partition coefficient (Wildman–Crippen LogP) is 2.84. The first-order chi connectivity index (χ1) is 13.1. The van der Waals surface area contributed by atoms with Crippen molar-refractivity contribution in [3.8, 4) is 0 Å². The monoisotopic (exact) mass is 364 g/mol. The Labute approximate surface area is 158 Å². The molecule has 140 valence electrons. The third kappa shape index (κ3) is 4.34. The van der Waals surface area contributed by atoms with Gasteiger partial charge in [0, 0.05) is 18.8 Å². The molecule has 3 rings (SSSR count). The first-order valence-corrected chi connectivity index (χ1v) is 9.20. The summed E-state index contributed by atoms with van der Waals surface area (Å²) in [5.74, 6) is -0.342. The molecule has 0 saturated heterocycles. The normalized spacial score (nSPS) is 11.9. The van der Waals surface area contributed by atoms with Crippen LogP contribution in [-0.4, -0.2) is 33.8 Å². The highest BCUT2D eigenvalue weighted by Crippen LogP contribution is 2.14. The number of pyridine rings is 1. The van der Waals surface area contributed by atoms with Crippen LogP contribution < -0.4 is 10.6 Å². The summed E-state index contributed by atoms with van der Waals surface area (Å²) < 4.78 is 1.66. The van der Waals surface area contributed by atoms with E-state index in [0.717, 1.165) is 18.4 Å². The Bertz CT molecular complexity index is 934. The molecule has 1 aromatic carbocycles. The van der Waals surface area contributed by atoms with E-state index < -0.39 is 0 Å². The lowest BCUT2D eigenvalue weighted by atomic mass is 10.1. The molecular weight excluding hydrogens is 340 g/mol. The first kappa shape index (κ1) is 18.6. The summed E-state index contributed by atoms with van der Waals surface area (Å²) in [5.41, 5.74) is 2.03. The van der Waals surface area contributed by atoms with Crippen LogP contribution in [0.2, 0.25) is 0 Å². The van der Waals surface area contributed by atoms with Gasteiger partial charge in [-0.15, -0.1) is 0 Å². The highest BCUT2D eigenvalue weighted by molar-refractivity contribution is 6.02. The van der Waals surface area contributed by atoms with Gasteiger partial charge >= 0.3 is 0 Å². The molecule has 2 heterocycles. The lowest BCUT2D eigenvalue weighted by Crippen LogP contribution is -2.33. The van der Waals surface area contributed by atoms with E-state index in [4.69, 9.17) is 0 Å². The molecular formula is C21H24N4O2. The van der Waals surface area contributed by atoms with Gasteiger partial charge in [-0.05, 0) is 37.5 Å². The number of benzene rings is 1. The summed E-state index contributed by atoms with van der Waals surface area (Å²) in [6.45, 7) is 4.44. The zero-order chi connectivity index (χ0) is 19.2. The SMILES string of the molecule is CCC(C)NC(=O)c1nc(C(=O)NCCc2ccccc2)c2ccccn12. The van der Waals surface area contributed by atoms with Gasteiger partial charge in [-0.3, -0.25) is 14.0 Å². The standard InChI is InChI=1S/C21H24N4O2/c1-3-15(2)23-21(27)19-24-18(17-11-7-8-14-25(17)19)20(26)22-13-12-16-9-5-4-6-10-16/h4-11,14-15H,3,12-13H2,1-2H3,(H,22,26)(H,23,27). The number of fused-ring (bicyclic) bond motifs is 1. The van der Waals surface area contributed by atoms with Gasteiger partial charge in [-0.1, -0.05) is 43.3 Å². The molecule has 0 fully saturated rings. The Morgan fingerprint density at radius 2 is 1.81 bits per heavy atom. The molecule has 0 aliphatic rings. The molecule has 2 N–H and O–H groups in total. The van der Waals surface area contributed by atoms with Gasteiger partial charge in [0.2, 0.25) is 5.82 Å². The second kappa shape index (κ2) is 8.49. The van der Waals surface area contributed by atoms with Crippen LogP contribution in [0.15, 0.2) is 54.7 Å². The molecule has 2 aromatic heterocycles. The third-order valence-electron chi connectivity index (χ3n) is 4.50. The number of hydrogen-bond acceptors (Lipinski definition) is 3. The number of imidazole rings is 1. The highest BCUT2D eigenvalue weighted by Gasteiger charge is 2.21. The Hall–Kier alpha value is -3.15. The minimum absolute atomic E-state index is 0.0386. The van der Waals surface area contributed by atoms with E-state index in [0.29, 0.717) is 12.1 Å². The Kier molecular flexibility index (Phi) is 5.86. The summed E-state index contributed by atoms with van der Waals surface area (Å²) in [4.78, 5) is 29.5. The average Bonchev–Trinajstić information content (AvgIpc) is 3.08. The van der Waals surface area contributed by atoms with Gasteiger partial charge in [0.05, 0.1) is 5.52 Å². The topological polar surface area (TPSA) is 75.5 Å². The summed E-state index contributed by atoms with van der Waals surface area (Å²) >= 11 is 0. The number of aromatic nitrogens is 2. The number of hydrogen-bond donors (Lipinski definition) is 2. The fraction of sp³-hybridized carbons (Fsp3) is 0.286. The number of nitrogens with one attached hydrogen (secondary N) is 2. The number of rotatable bonds is 7. The number of nitrogens with zero attached hydrogens (tertiary/aromatic N) is 2. The molecule has 1 atom stereocenters. The Balaban J connectivity index is 1.77. The van der Waals surface area contributed by atoms with Crippen molar-refractivity contribution >= 4 is 17.3 Å². The van der Waals surface area contributed by atoms with Crippen LogP contribution in [-0.2, 0) is 6.42 Å². The van der Waals surface area contributed by atoms with Gasteiger partial charge in [0.25, 0.3) is 11.8 Å². The van der Waals surface area contributed by atoms with Crippen molar-refractivity contribution in [1.82, 2.24) is 20.0 Å². The van der Waals surface area contributed by atoms with Gasteiger partial charge in [0.1, 0.15) is 0 Å². The first-order valence-electron chi connectivity index (χ1n) is 9.20. The van der Waals surface area contributed by atoms with Crippen LogP contribution in [0.25, 0.3) is 5.52 Å². The molecule has 6 heteroatoms. The maximum Gasteiger partial charge on any atom is 0.287 e. The lowest BCUT2D eigenvalue weighted by molar-refractivity contribution is 0.0928. The van der Waals surface area contributed by atoms with Gasteiger partial charge in [0.15, 0.2) is 5.69 Å². The molecule has 0 bridgehead atoms. The molecule has 0 radical (unpaired) electrons. The highest BCUT2D eigenvalue weighted by atomic mass is 16.2. The molecule has 27 heavy (non-hydrogen) atoms. The largest absolute Gasteiger partial charge is 0.350 e. The van der Waals surface area contributed by atoms with Crippen LogP contribution in [0.1, 0.15) is 46.9 Å². The maximum atomic E-state index is 12.6. The second-order valence-electron chi connectivity index (χ2n) is 6.51. The average molecular weight is 364 g/mol. The van der Waals surface area contributed by atoms with Crippen molar-refractivity contribution in [3.63, 3.8) is 0 Å². The van der Waals surface area contributed by atoms with Crippen molar-refractivity contribution in [2.24, 2.45) is 0 Å². The van der Waals surface area contributed by atoms with E-state index >= 15 is 0 Å². The van der Waals surface area contributed by atoms with Crippen LogP contribution in [0.3, 0.4) is 0 Å². The second-order valence-corrected chi connectivity index (χ2v) is 6.51. The predicted molar refractivity (Wildman–Crippen MR) is 105 cm³/mol. The molecule has 0 spiro atoms. The molecule has 2 amide bonds. The van der Waals surface area contributed by atoms with Gasteiger partial charge in [-0.25, -0.2) is 4.98 Å². The van der Waals surface area contributed by atoms with E-state index in [9.17, 15) is 9.59 Å². The fourth-order valence-electron chi connectivity index (χ4n) is 2.80. The zero-order valence-corrected chi connectivity index (χ0v) is 15.6. The van der Waals surface area contributed by atoms with Crippen LogP contribution in [0.4, 0.5) is 0 Å². The quantitative estimate of drug-likeness (QED) is 0.677. The summed E-state index contributed by atoms with van der Waals surface area (Å²) in [6, 6.07) is 15.4. The van der Waals surface area contributed by atoms with Crippen molar-refractivity contribution in [1.29, 1.82) is 0 Å². The molecule has 1 unspecified atom stereocenters. The molecule has 0 aliphatic heterocycles. The fourth-order valence-corrected chi connectivity index (χ4v) is 2.80. The lowest BCUT2D eigenvalue weighted by Gasteiger charge is -2.10. The third-order valence-corrected chi connectivity index (χ3v) is 4.50. The van der Waals surface area contributed by atoms with E-state index in [-0.39, 0.29) is 29.4 Å². The summed E-state index contributed by atoms with van der Waals surface area (Å²) in [7, 11) is 0. The number of amides is 2. The van der Waals surface area contributed by atoms with E-state index in [2.05, 4.69) is 15.6 Å². The van der Waals surface area contributed by atoms with E-state index in [1.807, 2.05) is 56.3 Å². The van der Waals surface area contributed by atoms with Crippen LogP contribution >= 0.6 is 0 Å². The minimum Gasteiger partial charge on any atom is -0.350 e. The Morgan fingerprint density at radius 1 is 1.07 bits per heavy atom. The van der Waals surface area contributed by atoms with E-state index in [1.54, 1.807) is 16.7 Å². The maximum absolute atomic E-state index is 12.6. The summed E-state index contributed by atoms with van der Waals surface area (Å²) in [5, 5.41) is 5.80.